The standard InChI is InChI=1S/C16H17NO6S2/c18-17(19)12-6-7-15(14(10-12)16-5-3-9-24-16)23-25(20,21)11-13-4-1-2-8-22-13/h3,5-7,9-10,13H,1-2,4,8,11H2. The number of hydrogen-bond donors (Lipinski definition) is 0. The fourth-order valence-electron chi connectivity index (χ4n) is 2.67. The van der Waals surface area contributed by atoms with Gasteiger partial charge in [0, 0.05) is 29.2 Å². The summed E-state index contributed by atoms with van der Waals surface area (Å²) in [5, 5.41) is 12.8. The molecule has 0 N–H and O–H groups in total. The van der Waals surface area contributed by atoms with E-state index in [9.17, 15) is 18.5 Å². The molecule has 0 radical (unpaired) electrons. The van der Waals surface area contributed by atoms with Crippen molar-refractivity contribution in [2.24, 2.45) is 0 Å². The highest BCUT2D eigenvalue weighted by Crippen LogP contribution is 2.37. The molecule has 2 heterocycles. The summed E-state index contributed by atoms with van der Waals surface area (Å²) in [6.45, 7) is 0.554. The van der Waals surface area contributed by atoms with Gasteiger partial charge >= 0.3 is 10.1 Å². The van der Waals surface area contributed by atoms with Crippen molar-refractivity contribution in [3.8, 4) is 16.2 Å². The highest BCUT2D eigenvalue weighted by Gasteiger charge is 2.25. The van der Waals surface area contributed by atoms with Crippen LogP contribution in [0.5, 0.6) is 5.75 Å². The SMILES string of the molecule is O=[N+]([O-])c1ccc(OS(=O)(=O)CC2CCCCO2)c(-c2cccs2)c1. The van der Waals surface area contributed by atoms with Gasteiger partial charge < -0.3 is 8.92 Å². The van der Waals surface area contributed by atoms with E-state index in [1.165, 1.54) is 29.5 Å². The molecule has 0 saturated carbocycles. The fourth-order valence-corrected chi connectivity index (χ4v) is 4.62. The molecule has 2 aromatic rings. The molecule has 0 spiro atoms. The summed E-state index contributed by atoms with van der Waals surface area (Å²) in [4.78, 5) is 11.2. The number of rotatable bonds is 6. The molecule has 1 unspecified atom stereocenters. The second-order valence-corrected chi connectivity index (χ2v) is 8.27. The van der Waals surface area contributed by atoms with E-state index in [1.807, 2.05) is 5.38 Å². The van der Waals surface area contributed by atoms with Crippen molar-refractivity contribution >= 4 is 27.1 Å². The first-order chi connectivity index (χ1) is 11.9. The minimum atomic E-state index is -3.87. The van der Waals surface area contributed by atoms with E-state index < -0.39 is 15.0 Å². The van der Waals surface area contributed by atoms with E-state index in [4.69, 9.17) is 8.92 Å². The molecule has 25 heavy (non-hydrogen) atoms. The maximum atomic E-state index is 12.4. The minimum Gasteiger partial charge on any atom is -0.382 e. The Hall–Kier alpha value is -1.97. The Kier molecular flexibility index (Phi) is 5.36. The van der Waals surface area contributed by atoms with Crippen LogP contribution in [0.1, 0.15) is 19.3 Å². The van der Waals surface area contributed by atoms with Crippen LogP contribution in [0.25, 0.3) is 10.4 Å². The van der Waals surface area contributed by atoms with E-state index in [2.05, 4.69) is 0 Å². The van der Waals surface area contributed by atoms with Gasteiger partial charge in [0.1, 0.15) is 5.75 Å². The molecule has 1 saturated heterocycles. The first kappa shape index (κ1) is 17.8. The average Bonchev–Trinajstić information content (AvgIpc) is 3.09. The van der Waals surface area contributed by atoms with E-state index >= 15 is 0 Å². The number of non-ortho nitro benzene ring substituents is 1. The number of nitro benzene ring substituents is 1. The smallest absolute Gasteiger partial charge is 0.311 e. The topological polar surface area (TPSA) is 95.7 Å². The normalized spacial score (nSPS) is 18.0. The predicted octanol–water partition coefficient (Wildman–Crippen LogP) is 3.60. The summed E-state index contributed by atoms with van der Waals surface area (Å²) >= 11 is 1.35. The lowest BCUT2D eigenvalue weighted by Crippen LogP contribution is -2.30. The van der Waals surface area contributed by atoms with E-state index in [0.29, 0.717) is 23.5 Å². The van der Waals surface area contributed by atoms with Crippen LogP contribution >= 0.6 is 11.3 Å². The van der Waals surface area contributed by atoms with Crippen LogP contribution < -0.4 is 4.18 Å². The van der Waals surface area contributed by atoms with Gasteiger partial charge in [0.25, 0.3) is 5.69 Å². The number of benzene rings is 1. The van der Waals surface area contributed by atoms with Crippen LogP contribution in [0.4, 0.5) is 5.69 Å². The van der Waals surface area contributed by atoms with Crippen LogP contribution in [0.15, 0.2) is 35.7 Å². The number of ether oxygens (including phenoxy) is 1. The Morgan fingerprint density at radius 3 is 2.80 bits per heavy atom. The monoisotopic (exact) mass is 383 g/mol. The van der Waals surface area contributed by atoms with Gasteiger partial charge in [0.2, 0.25) is 0 Å². The van der Waals surface area contributed by atoms with Crippen molar-refractivity contribution in [3.63, 3.8) is 0 Å². The zero-order valence-electron chi connectivity index (χ0n) is 13.3. The van der Waals surface area contributed by atoms with E-state index in [0.717, 1.165) is 12.8 Å². The second-order valence-electron chi connectivity index (χ2n) is 5.71. The number of hydrogen-bond acceptors (Lipinski definition) is 7. The summed E-state index contributed by atoms with van der Waals surface area (Å²) < 4.78 is 35.5. The molecular weight excluding hydrogens is 366 g/mol. The zero-order chi connectivity index (χ0) is 17.9. The largest absolute Gasteiger partial charge is 0.382 e. The molecule has 0 bridgehead atoms. The summed E-state index contributed by atoms with van der Waals surface area (Å²) in [6.07, 6.45) is 2.17. The van der Waals surface area contributed by atoms with Gasteiger partial charge in [-0.25, -0.2) is 0 Å². The molecule has 1 aromatic carbocycles. The lowest BCUT2D eigenvalue weighted by atomic mass is 10.1. The highest BCUT2D eigenvalue weighted by molar-refractivity contribution is 7.87. The maximum Gasteiger partial charge on any atom is 0.311 e. The van der Waals surface area contributed by atoms with Crippen LogP contribution in [-0.4, -0.2) is 31.8 Å². The third-order valence-corrected chi connectivity index (χ3v) is 5.96. The summed E-state index contributed by atoms with van der Waals surface area (Å²) in [7, 11) is -3.87. The van der Waals surface area contributed by atoms with Gasteiger partial charge in [0.05, 0.1) is 11.0 Å². The van der Waals surface area contributed by atoms with Gasteiger partial charge in [-0.05, 0) is 36.8 Å². The molecule has 0 amide bonds. The fraction of sp³-hybridized carbons (Fsp3) is 0.375. The predicted molar refractivity (Wildman–Crippen MR) is 94.4 cm³/mol. The van der Waals surface area contributed by atoms with Gasteiger partial charge in [-0.2, -0.15) is 8.42 Å². The second kappa shape index (κ2) is 7.51. The molecule has 3 rings (SSSR count). The first-order valence-electron chi connectivity index (χ1n) is 7.81. The van der Waals surface area contributed by atoms with Gasteiger partial charge in [-0.1, -0.05) is 6.07 Å². The van der Waals surface area contributed by atoms with Crippen molar-refractivity contribution in [2.75, 3.05) is 12.4 Å². The lowest BCUT2D eigenvalue weighted by molar-refractivity contribution is -0.384. The summed E-state index contributed by atoms with van der Waals surface area (Å²) in [5.41, 5.74) is 0.265. The summed E-state index contributed by atoms with van der Waals surface area (Å²) in [5.74, 6) is -0.141. The maximum absolute atomic E-state index is 12.4. The van der Waals surface area contributed by atoms with E-state index in [1.54, 1.807) is 12.1 Å². The average molecular weight is 383 g/mol. The molecule has 9 heteroatoms. The third kappa shape index (κ3) is 4.56. The molecule has 1 fully saturated rings. The Morgan fingerprint density at radius 2 is 2.16 bits per heavy atom. The molecular formula is C16H17NO6S2. The van der Waals surface area contributed by atoms with Crippen molar-refractivity contribution in [2.45, 2.75) is 25.4 Å². The Bertz CT molecular complexity index is 842. The van der Waals surface area contributed by atoms with Gasteiger partial charge in [-0.15, -0.1) is 11.3 Å². The quantitative estimate of drug-likeness (QED) is 0.430. The molecule has 0 aliphatic carbocycles. The van der Waals surface area contributed by atoms with Crippen molar-refractivity contribution in [1.29, 1.82) is 0 Å². The van der Waals surface area contributed by atoms with Crippen molar-refractivity contribution in [3.05, 3.63) is 45.8 Å². The van der Waals surface area contributed by atoms with Crippen LogP contribution in [0, 0.1) is 10.1 Å². The molecule has 1 aliphatic heterocycles. The van der Waals surface area contributed by atoms with E-state index in [-0.39, 0.29) is 23.3 Å². The molecule has 134 valence electrons. The Balaban J connectivity index is 1.87. The minimum absolute atomic E-state index is 0.0869. The molecule has 1 aliphatic rings. The molecule has 7 nitrogen and oxygen atoms in total. The zero-order valence-corrected chi connectivity index (χ0v) is 14.9. The van der Waals surface area contributed by atoms with Crippen molar-refractivity contribution < 1.29 is 22.3 Å². The number of nitro groups is 1. The van der Waals surface area contributed by atoms with Crippen LogP contribution in [0.2, 0.25) is 0 Å². The number of thiophene rings is 1. The first-order valence-corrected chi connectivity index (χ1v) is 10.3. The lowest BCUT2D eigenvalue weighted by Gasteiger charge is -2.22. The number of nitrogens with zero attached hydrogens (tertiary/aromatic N) is 1. The Morgan fingerprint density at radius 1 is 1.32 bits per heavy atom. The molecule has 1 aromatic heterocycles. The third-order valence-electron chi connectivity index (χ3n) is 3.84. The molecule has 1 atom stereocenters. The van der Waals surface area contributed by atoms with Crippen molar-refractivity contribution in [1.82, 2.24) is 0 Å². The Labute approximate surface area is 149 Å². The van der Waals surface area contributed by atoms with Crippen LogP contribution in [-0.2, 0) is 14.9 Å². The highest BCUT2D eigenvalue weighted by atomic mass is 32.2. The summed E-state index contributed by atoms with van der Waals surface area (Å²) in [6, 6.07) is 7.43. The van der Waals surface area contributed by atoms with Gasteiger partial charge in [0.15, 0.2) is 5.75 Å². The van der Waals surface area contributed by atoms with Crippen LogP contribution in [0.3, 0.4) is 0 Å². The van der Waals surface area contributed by atoms with Gasteiger partial charge in [-0.3, -0.25) is 10.1 Å².